The summed E-state index contributed by atoms with van der Waals surface area (Å²) >= 11 is 2.97. The molecule has 1 aromatic rings. The molecule has 6 N–H and O–H groups in total. The van der Waals surface area contributed by atoms with E-state index in [1.54, 1.807) is 30.2 Å². The zero-order valence-electron chi connectivity index (χ0n) is 16.2. The minimum Gasteiger partial charge on any atom is -0.480 e. The Morgan fingerprint density at radius 2 is 1.75 bits per heavy atom. The minimum absolute atomic E-state index is 0.0258. The predicted octanol–water partition coefficient (Wildman–Crippen LogP) is 0.899. The van der Waals surface area contributed by atoms with Crippen LogP contribution in [0.2, 0.25) is 0 Å². The number of Topliss-reactive ketones (excluding diaryl/α,β-unsaturated/α-hetero) is 1. The highest BCUT2D eigenvalue weighted by Gasteiger charge is 2.45. The molecule has 9 heteroatoms. The fourth-order valence-corrected chi connectivity index (χ4v) is 3.64. The van der Waals surface area contributed by atoms with Gasteiger partial charge in [0.25, 0.3) is 0 Å². The van der Waals surface area contributed by atoms with Crippen molar-refractivity contribution in [1.82, 2.24) is 5.32 Å². The maximum atomic E-state index is 13.1. The molecule has 0 radical (unpaired) electrons. The van der Waals surface area contributed by atoms with E-state index in [9.17, 15) is 19.5 Å². The zero-order chi connectivity index (χ0) is 21.2. The molecule has 1 aromatic carbocycles. The molecule has 0 fully saturated rings. The van der Waals surface area contributed by atoms with E-state index in [0.717, 1.165) is 5.56 Å². The number of hydrogen-bond acceptors (Lipinski definition) is 7. The fraction of sp³-hybridized carbons (Fsp3) is 0.526. The van der Waals surface area contributed by atoms with E-state index < -0.39 is 35.3 Å². The number of carboxylic acids is 1. The molecule has 3 atom stereocenters. The molecule has 28 heavy (non-hydrogen) atoms. The van der Waals surface area contributed by atoms with Crippen LogP contribution < -0.4 is 16.8 Å². The second-order valence-corrected chi connectivity index (χ2v) is 8.49. The second-order valence-electron chi connectivity index (χ2n) is 6.52. The van der Waals surface area contributed by atoms with Gasteiger partial charge >= 0.3 is 5.97 Å². The normalized spacial score (nSPS) is 15.3. The maximum Gasteiger partial charge on any atom is 0.331 e. The van der Waals surface area contributed by atoms with Crippen LogP contribution in [0.25, 0.3) is 0 Å². The molecule has 156 valence electrons. The highest BCUT2D eigenvalue weighted by atomic mass is 32.2. The van der Waals surface area contributed by atoms with Gasteiger partial charge in [0.05, 0.1) is 12.1 Å². The van der Waals surface area contributed by atoms with Crippen molar-refractivity contribution in [3.8, 4) is 0 Å². The van der Waals surface area contributed by atoms with Gasteiger partial charge < -0.3 is 21.9 Å². The van der Waals surface area contributed by atoms with E-state index in [1.807, 2.05) is 24.5 Å². The third kappa shape index (κ3) is 7.12. The molecule has 7 nitrogen and oxygen atoms in total. The van der Waals surface area contributed by atoms with Crippen LogP contribution in [-0.2, 0) is 20.8 Å². The van der Waals surface area contributed by atoms with Crippen molar-refractivity contribution in [2.45, 2.75) is 36.9 Å². The van der Waals surface area contributed by atoms with Gasteiger partial charge in [0.2, 0.25) is 5.91 Å². The van der Waals surface area contributed by atoms with Gasteiger partial charge in [-0.25, -0.2) is 4.79 Å². The Morgan fingerprint density at radius 3 is 2.29 bits per heavy atom. The first kappa shape index (κ1) is 24.5. The average molecular weight is 428 g/mol. The van der Waals surface area contributed by atoms with E-state index in [1.165, 1.54) is 11.8 Å². The molecule has 0 aliphatic heterocycles. The molecule has 0 bridgehead atoms. The van der Waals surface area contributed by atoms with E-state index in [2.05, 4.69) is 5.32 Å². The monoisotopic (exact) mass is 427 g/mol. The number of carbonyl (C=O) groups is 3. The first-order valence-corrected chi connectivity index (χ1v) is 11.7. The number of carboxylic acid groups (broad SMARTS) is 1. The molecule has 1 rings (SSSR count). The number of rotatable bonds is 13. The van der Waals surface area contributed by atoms with Crippen molar-refractivity contribution >= 4 is 41.2 Å². The van der Waals surface area contributed by atoms with Crippen LogP contribution in [0.15, 0.2) is 30.3 Å². The lowest BCUT2D eigenvalue weighted by Crippen LogP contribution is -2.63. The Hall–Kier alpha value is -1.55. The number of aliphatic carboxylic acids is 1. The summed E-state index contributed by atoms with van der Waals surface area (Å²) in [7, 11) is 0. The molecule has 1 amide bonds. The zero-order valence-corrected chi connectivity index (χ0v) is 17.9. The number of hydrogen-bond donors (Lipinski definition) is 4. The van der Waals surface area contributed by atoms with E-state index >= 15 is 0 Å². The SMILES string of the molecule is CSCCC(N)C(=O)NC(Cc1ccccc1)C(=O)C(N)(CCSC)C(=O)O. The van der Waals surface area contributed by atoms with Crippen LogP contribution in [0.4, 0.5) is 0 Å². The number of ketones is 1. The summed E-state index contributed by atoms with van der Waals surface area (Å²) in [5, 5.41) is 12.2. The Morgan fingerprint density at radius 1 is 1.14 bits per heavy atom. The van der Waals surface area contributed by atoms with Gasteiger partial charge in [-0.1, -0.05) is 30.3 Å². The Bertz CT molecular complexity index is 660. The second kappa shape index (κ2) is 12.1. The smallest absolute Gasteiger partial charge is 0.331 e. The Balaban J connectivity index is 3.08. The van der Waals surface area contributed by atoms with Gasteiger partial charge in [-0.15, -0.1) is 0 Å². The number of amides is 1. The topological polar surface area (TPSA) is 136 Å². The molecule has 0 aromatic heterocycles. The van der Waals surface area contributed by atoms with Gasteiger partial charge in [-0.05, 0) is 48.8 Å². The quantitative estimate of drug-likeness (QED) is 0.341. The van der Waals surface area contributed by atoms with Gasteiger partial charge in [0, 0.05) is 0 Å². The van der Waals surface area contributed by atoms with Crippen molar-refractivity contribution in [2.75, 3.05) is 24.0 Å². The third-order valence-corrected chi connectivity index (χ3v) is 5.66. The molecule has 0 aliphatic rings. The van der Waals surface area contributed by atoms with Crippen molar-refractivity contribution < 1.29 is 19.5 Å². The summed E-state index contributed by atoms with van der Waals surface area (Å²) in [6, 6.07) is 7.22. The molecule has 0 aliphatic carbocycles. The number of thioether (sulfide) groups is 2. The van der Waals surface area contributed by atoms with Gasteiger partial charge in [0.1, 0.15) is 0 Å². The number of nitrogens with one attached hydrogen (secondary N) is 1. The van der Waals surface area contributed by atoms with Crippen LogP contribution in [0, 0.1) is 0 Å². The summed E-state index contributed by atoms with van der Waals surface area (Å²) in [5.74, 6) is -1.49. The molecule has 0 saturated carbocycles. The Kier molecular flexibility index (Phi) is 10.6. The van der Waals surface area contributed by atoms with Gasteiger partial charge in [0.15, 0.2) is 11.3 Å². The predicted molar refractivity (Wildman–Crippen MR) is 116 cm³/mol. The van der Waals surface area contributed by atoms with Crippen LogP contribution in [0.5, 0.6) is 0 Å². The van der Waals surface area contributed by atoms with Crippen molar-refractivity contribution in [2.24, 2.45) is 11.5 Å². The summed E-state index contributed by atoms with van der Waals surface area (Å²) in [6.07, 6.45) is 4.29. The molecular weight excluding hydrogens is 398 g/mol. The van der Waals surface area contributed by atoms with Crippen molar-refractivity contribution in [1.29, 1.82) is 0 Å². The average Bonchev–Trinajstić information content (AvgIpc) is 2.69. The fourth-order valence-electron chi connectivity index (χ4n) is 2.62. The molecular formula is C19H29N3O4S2. The number of carbonyl (C=O) groups excluding carboxylic acids is 2. The maximum absolute atomic E-state index is 13.1. The van der Waals surface area contributed by atoms with Crippen LogP contribution in [0.1, 0.15) is 18.4 Å². The molecule has 0 heterocycles. The number of nitrogens with two attached hydrogens (primary N) is 2. The number of benzene rings is 1. The van der Waals surface area contributed by atoms with Crippen molar-refractivity contribution in [3.63, 3.8) is 0 Å². The molecule has 0 saturated heterocycles. The molecule has 3 unspecified atom stereocenters. The van der Waals surface area contributed by atoms with Crippen molar-refractivity contribution in [3.05, 3.63) is 35.9 Å². The van der Waals surface area contributed by atoms with E-state index in [0.29, 0.717) is 17.9 Å². The third-order valence-electron chi connectivity index (χ3n) is 4.41. The summed E-state index contributed by atoms with van der Waals surface area (Å²) < 4.78 is 0. The summed E-state index contributed by atoms with van der Waals surface area (Å²) in [6.45, 7) is 0. The van der Waals surface area contributed by atoms with Crippen LogP contribution in [0.3, 0.4) is 0 Å². The highest BCUT2D eigenvalue weighted by molar-refractivity contribution is 7.98. The first-order chi connectivity index (χ1) is 13.3. The van der Waals surface area contributed by atoms with Gasteiger partial charge in [-0.2, -0.15) is 23.5 Å². The minimum atomic E-state index is -2.07. The summed E-state index contributed by atoms with van der Waals surface area (Å²) in [4.78, 5) is 37.4. The lowest BCUT2D eigenvalue weighted by atomic mass is 9.85. The highest BCUT2D eigenvalue weighted by Crippen LogP contribution is 2.17. The standard InChI is InChI=1S/C19H29N3O4S2/c1-27-10-8-14(20)17(24)22-15(12-13-6-4-3-5-7-13)16(23)19(21,18(25)26)9-11-28-2/h3-7,14-15H,8-12,20-21H2,1-2H3,(H,22,24)(H,25,26). The van der Waals surface area contributed by atoms with Crippen LogP contribution in [-0.4, -0.2) is 64.4 Å². The lowest BCUT2D eigenvalue weighted by Gasteiger charge is -2.29. The summed E-state index contributed by atoms with van der Waals surface area (Å²) in [5.41, 5.74) is 10.6. The largest absolute Gasteiger partial charge is 0.480 e. The van der Waals surface area contributed by atoms with Crippen LogP contribution >= 0.6 is 23.5 Å². The van der Waals surface area contributed by atoms with E-state index in [-0.39, 0.29) is 12.8 Å². The Labute approximate surface area is 174 Å². The first-order valence-electron chi connectivity index (χ1n) is 8.90. The van der Waals surface area contributed by atoms with Gasteiger partial charge in [-0.3, -0.25) is 9.59 Å². The van der Waals surface area contributed by atoms with E-state index in [4.69, 9.17) is 11.5 Å². The molecule has 0 spiro atoms. The lowest BCUT2D eigenvalue weighted by molar-refractivity contribution is -0.149.